The lowest BCUT2D eigenvalue weighted by atomic mass is 10.1. The third kappa shape index (κ3) is 3.44. The maximum Gasteiger partial charge on any atom is 0.225 e. The number of piperidine rings is 1. The highest BCUT2D eigenvalue weighted by Crippen LogP contribution is 2.30. The molecule has 2 heterocycles. The number of ether oxygens (including phenoxy) is 1. The van der Waals surface area contributed by atoms with E-state index in [0.29, 0.717) is 6.10 Å². The van der Waals surface area contributed by atoms with Crippen LogP contribution in [0.25, 0.3) is 0 Å². The van der Waals surface area contributed by atoms with Crippen molar-refractivity contribution in [3.05, 3.63) is 17.5 Å². The van der Waals surface area contributed by atoms with Crippen molar-refractivity contribution in [1.29, 1.82) is 0 Å². The Kier molecular flexibility index (Phi) is 3.69. The maximum atomic E-state index is 6.02. The largest absolute Gasteiger partial charge is 0.376 e. The summed E-state index contributed by atoms with van der Waals surface area (Å²) in [5, 5.41) is 0. The van der Waals surface area contributed by atoms with Crippen molar-refractivity contribution in [2.45, 2.75) is 45.6 Å². The van der Waals surface area contributed by atoms with Crippen LogP contribution in [0.5, 0.6) is 0 Å². The molecule has 0 bridgehead atoms. The summed E-state index contributed by atoms with van der Waals surface area (Å²) in [5.41, 5.74) is 2.09. The van der Waals surface area contributed by atoms with E-state index in [2.05, 4.69) is 14.9 Å². The summed E-state index contributed by atoms with van der Waals surface area (Å²) < 4.78 is 6.02. The Morgan fingerprint density at radius 3 is 2.63 bits per heavy atom. The van der Waals surface area contributed by atoms with Gasteiger partial charge in [0.05, 0.1) is 6.10 Å². The fourth-order valence-electron chi connectivity index (χ4n) is 2.66. The third-order valence-corrected chi connectivity index (χ3v) is 3.90. The molecule has 2 fully saturated rings. The quantitative estimate of drug-likeness (QED) is 0.834. The second-order valence-electron chi connectivity index (χ2n) is 5.94. The van der Waals surface area contributed by atoms with E-state index < -0.39 is 0 Å². The van der Waals surface area contributed by atoms with Crippen LogP contribution in [0, 0.1) is 19.8 Å². The zero-order valence-electron chi connectivity index (χ0n) is 11.9. The van der Waals surface area contributed by atoms with Crippen LogP contribution in [0.1, 0.15) is 37.1 Å². The molecule has 2 aliphatic rings. The van der Waals surface area contributed by atoms with Gasteiger partial charge in [-0.3, -0.25) is 0 Å². The van der Waals surface area contributed by atoms with E-state index in [0.717, 1.165) is 43.0 Å². The van der Waals surface area contributed by atoms with E-state index in [1.807, 2.05) is 19.9 Å². The summed E-state index contributed by atoms with van der Waals surface area (Å²) >= 11 is 0. The van der Waals surface area contributed by atoms with Crippen molar-refractivity contribution < 1.29 is 4.74 Å². The number of hydrogen-bond donors (Lipinski definition) is 0. The Morgan fingerprint density at radius 2 is 1.95 bits per heavy atom. The standard InChI is InChI=1S/C15H23N3O/c1-11-8-12(2)17-15(16-11)18-7-3-4-14(9-18)19-10-13-5-6-13/h8,13-14H,3-7,9-10H2,1-2H3. The average Bonchev–Trinajstić information content (AvgIpc) is 3.20. The second-order valence-corrected chi connectivity index (χ2v) is 5.94. The van der Waals surface area contributed by atoms with Gasteiger partial charge in [-0.2, -0.15) is 0 Å². The molecule has 1 saturated heterocycles. The van der Waals surface area contributed by atoms with Gasteiger partial charge < -0.3 is 9.64 Å². The van der Waals surface area contributed by atoms with Crippen molar-refractivity contribution in [2.75, 3.05) is 24.6 Å². The lowest BCUT2D eigenvalue weighted by molar-refractivity contribution is 0.0366. The maximum absolute atomic E-state index is 6.02. The van der Waals surface area contributed by atoms with Gasteiger partial charge in [0, 0.05) is 31.1 Å². The van der Waals surface area contributed by atoms with Gasteiger partial charge in [-0.05, 0) is 51.5 Å². The van der Waals surface area contributed by atoms with Gasteiger partial charge in [0.1, 0.15) is 0 Å². The zero-order chi connectivity index (χ0) is 13.2. The smallest absolute Gasteiger partial charge is 0.225 e. The summed E-state index contributed by atoms with van der Waals surface area (Å²) in [7, 11) is 0. The topological polar surface area (TPSA) is 38.2 Å². The first-order valence-electron chi connectivity index (χ1n) is 7.39. The van der Waals surface area contributed by atoms with Crippen molar-refractivity contribution >= 4 is 5.95 Å². The van der Waals surface area contributed by atoms with Gasteiger partial charge in [-0.25, -0.2) is 9.97 Å². The van der Waals surface area contributed by atoms with Gasteiger partial charge in [0.2, 0.25) is 5.95 Å². The highest BCUT2D eigenvalue weighted by Gasteiger charge is 2.26. The predicted octanol–water partition coefficient (Wildman–Crippen LogP) is 2.49. The summed E-state index contributed by atoms with van der Waals surface area (Å²) in [6.07, 6.45) is 5.42. The number of hydrogen-bond acceptors (Lipinski definition) is 4. The molecule has 104 valence electrons. The molecular formula is C15H23N3O. The Hall–Kier alpha value is -1.16. The van der Waals surface area contributed by atoms with Crippen LogP contribution in [0.3, 0.4) is 0 Å². The van der Waals surface area contributed by atoms with Gasteiger partial charge in [0.25, 0.3) is 0 Å². The molecule has 1 aromatic heterocycles. The van der Waals surface area contributed by atoms with Crippen LogP contribution in [0.4, 0.5) is 5.95 Å². The van der Waals surface area contributed by atoms with Crippen LogP contribution < -0.4 is 4.90 Å². The molecule has 1 aromatic rings. The first-order chi connectivity index (χ1) is 9.20. The van der Waals surface area contributed by atoms with Crippen molar-refractivity contribution in [3.8, 4) is 0 Å². The Balaban J connectivity index is 1.62. The molecule has 1 saturated carbocycles. The SMILES string of the molecule is Cc1cc(C)nc(N2CCCC(OCC3CC3)C2)n1. The highest BCUT2D eigenvalue weighted by atomic mass is 16.5. The fourth-order valence-corrected chi connectivity index (χ4v) is 2.66. The first kappa shape index (κ1) is 12.9. The minimum Gasteiger partial charge on any atom is -0.376 e. The molecule has 4 heteroatoms. The van der Waals surface area contributed by atoms with Gasteiger partial charge in [-0.15, -0.1) is 0 Å². The molecule has 0 N–H and O–H groups in total. The van der Waals surface area contributed by atoms with Crippen molar-refractivity contribution in [3.63, 3.8) is 0 Å². The summed E-state index contributed by atoms with van der Waals surface area (Å²) in [6.45, 7) is 7.00. The van der Waals surface area contributed by atoms with Gasteiger partial charge in [0.15, 0.2) is 0 Å². The molecule has 0 radical (unpaired) electrons. The third-order valence-electron chi connectivity index (χ3n) is 3.90. The van der Waals surface area contributed by atoms with Crippen LogP contribution in [0.2, 0.25) is 0 Å². The number of rotatable bonds is 4. The van der Waals surface area contributed by atoms with Crippen LogP contribution in [0.15, 0.2) is 6.07 Å². The Bertz CT molecular complexity index is 425. The molecule has 1 atom stereocenters. The van der Waals surface area contributed by atoms with E-state index in [9.17, 15) is 0 Å². The minimum atomic E-state index is 0.360. The molecule has 0 spiro atoms. The highest BCUT2D eigenvalue weighted by molar-refractivity contribution is 5.33. The molecular weight excluding hydrogens is 238 g/mol. The van der Waals surface area contributed by atoms with Gasteiger partial charge >= 0.3 is 0 Å². The van der Waals surface area contributed by atoms with Gasteiger partial charge in [-0.1, -0.05) is 0 Å². The van der Waals surface area contributed by atoms with E-state index >= 15 is 0 Å². The molecule has 19 heavy (non-hydrogen) atoms. The Morgan fingerprint density at radius 1 is 1.21 bits per heavy atom. The summed E-state index contributed by atoms with van der Waals surface area (Å²) in [4.78, 5) is 11.4. The Labute approximate surface area is 115 Å². The molecule has 0 aromatic carbocycles. The monoisotopic (exact) mass is 261 g/mol. The molecule has 3 rings (SSSR count). The first-order valence-corrected chi connectivity index (χ1v) is 7.39. The van der Waals surface area contributed by atoms with E-state index in [-0.39, 0.29) is 0 Å². The number of aromatic nitrogens is 2. The molecule has 0 amide bonds. The lowest BCUT2D eigenvalue weighted by Crippen LogP contribution is -2.41. The van der Waals surface area contributed by atoms with Crippen molar-refractivity contribution in [2.24, 2.45) is 5.92 Å². The minimum absolute atomic E-state index is 0.360. The van der Waals surface area contributed by atoms with E-state index in [4.69, 9.17) is 4.74 Å². The average molecular weight is 261 g/mol. The van der Waals surface area contributed by atoms with Crippen molar-refractivity contribution in [1.82, 2.24) is 9.97 Å². The molecule has 1 unspecified atom stereocenters. The second kappa shape index (κ2) is 5.45. The molecule has 1 aliphatic carbocycles. The number of anilines is 1. The van der Waals surface area contributed by atoms with Crippen LogP contribution >= 0.6 is 0 Å². The normalized spacial score (nSPS) is 23.7. The lowest BCUT2D eigenvalue weighted by Gasteiger charge is -2.33. The fraction of sp³-hybridized carbons (Fsp3) is 0.733. The van der Waals surface area contributed by atoms with E-state index in [1.54, 1.807) is 0 Å². The summed E-state index contributed by atoms with van der Waals surface area (Å²) in [5.74, 6) is 1.71. The van der Waals surface area contributed by atoms with Crippen LogP contribution in [-0.4, -0.2) is 35.8 Å². The molecule has 4 nitrogen and oxygen atoms in total. The van der Waals surface area contributed by atoms with Crippen LogP contribution in [-0.2, 0) is 4.74 Å². The molecule has 1 aliphatic heterocycles. The number of nitrogens with zero attached hydrogens (tertiary/aromatic N) is 3. The predicted molar refractivity (Wildman–Crippen MR) is 75.4 cm³/mol. The van der Waals surface area contributed by atoms with E-state index in [1.165, 1.54) is 25.7 Å². The summed E-state index contributed by atoms with van der Waals surface area (Å²) in [6, 6.07) is 2.02. The zero-order valence-corrected chi connectivity index (χ0v) is 11.9. The number of aryl methyl sites for hydroxylation is 2.